The van der Waals surface area contributed by atoms with Crippen molar-refractivity contribution >= 4 is 55.8 Å². The number of carbonyl (C=O) groups excluding carboxylic acids is 2. The van der Waals surface area contributed by atoms with Gasteiger partial charge in [-0.25, -0.2) is 9.78 Å². The third kappa shape index (κ3) is 5.39. The monoisotopic (exact) mass is 435 g/mol. The van der Waals surface area contributed by atoms with Gasteiger partial charge in [-0.05, 0) is 37.3 Å². The van der Waals surface area contributed by atoms with Gasteiger partial charge in [0.25, 0.3) is 11.6 Å². The van der Waals surface area contributed by atoms with Crippen molar-refractivity contribution in [2.45, 2.75) is 13.0 Å². The minimum atomic E-state index is -0.924. The van der Waals surface area contributed by atoms with Gasteiger partial charge in [-0.2, -0.15) is 0 Å². The zero-order valence-electron chi connectivity index (χ0n) is 15.0. The molecular formula is C18H14ClN3O6S. The van der Waals surface area contributed by atoms with Crippen molar-refractivity contribution in [2.24, 2.45) is 0 Å². The average molecular weight is 436 g/mol. The maximum absolute atomic E-state index is 12.0. The van der Waals surface area contributed by atoms with Crippen molar-refractivity contribution in [1.82, 2.24) is 4.98 Å². The molecule has 1 N–H and O–H groups in total. The van der Waals surface area contributed by atoms with E-state index in [1.54, 1.807) is 24.3 Å². The van der Waals surface area contributed by atoms with Crippen molar-refractivity contribution in [3.05, 3.63) is 57.6 Å². The van der Waals surface area contributed by atoms with Gasteiger partial charge in [0.1, 0.15) is 5.75 Å². The van der Waals surface area contributed by atoms with Gasteiger partial charge in [0.2, 0.25) is 0 Å². The highest BCUT2D eigenvalue weighted by atomic mass is 35.5. The Kier molecular flexibility index (Phi) is 6.25. The van der Waals surface area contributed by atoms with Gasteiger partial charge in [-0.3, -0.25) is 20.2 Å². The molecule has 1 atom stereocenters. The number of amides is 1. The second kappa shape index (κ2) is 8.84. The Bertz CT molecular complexity index is 1070. The van der Waals surface area contributed by atoms with Crippen LogP contribution in [-0.4, -0.2) is 34.5 Å². The van der Waals surface area contributed by atoms with Gasteiger partial charge >= 0.3 is 5.97 Å². The minimum absolute atomic E-state index is 0.0670. The van der Waals surface area contributed by atoms with Crippen LogP contribution in [0.1, 0.15) is 6.92 Å². The first kappa shape index (κ1) is 20.5. The highest BCUT2D eigenvalue weighted by molar-refractivity contribution is 7.22. The van der Waals surface area contributed by atoms with Crippen molar-refractivity contribution in [3.63, 3.8) is 0 Å². The summed E-state index contributed by atoms with van der Waals surface area (Å²) in [7, 11) is 0. The summed E-state index contributed by atoms with van der Waals surface area (Å²) in [4.78, 5) is 38.5. The number of thiazole rings is 1. The van der Waals surface area contributed by atoms with Crippen molar-refractivity contribution < 1.29 is 24.0 Å². The number of fused-ring (bicyclic) bond motifs is 1. The number of hydrogen-bond donors (Lipinski definition) is 1. The van der Waals surface area contributed by atoms with E-state index in [4.69, 9.17) is 21.1 Å². The van der Waals surface area contributed by atoms with Crippen molar-refractivity contribution in [3.8, 4) is 5.75 Å². The summed E-state index contributed by atoms with van der Waals surface area (Å²) in [6.45, 7) is 0.971. The summed E-state index contributed by atoms with van der Waals surface area (Å²) in [6.07, 6.45) is -0.924. The molecule has 0 bridgehead atoms. The summed E-state index contributed by atoms with van der Waals surface area (Å²) < 4.78 is 10.9. The zero-order chi connectivity index (χ0) is 21.0. The molecule has 1 unspecified atom stereocenters. The molecule has 11 heteroatoms. The molecule has 0 aliphatic rings. The molecule has 0 saturated carbocycles. The van der Waals surface area contributed by atoms with E-state index in [1.807, 2.05) is 0 Å². The van der Waals surface area contributed by atoms with Crippen LogP contribution in [0.15, 0.2) is 42.5 Å². The molecule has 1 amide bonds. The van der Waals surface area contributed by atoms with Crippen LogP contribution in [0.25, 0.3) is 10.2 Å². The summed E-state index contributed by atoms with van der Waals surface area (Å²) in [5.74, 6) is -0.868. The number of nitrogens with one attached hydrogen (secondary N) is 1. The van der Waals surface area contributed by atoms with E-state index < -0.39 is 29.5 Å². The summed E-state index contributed by atoms with van der Waals surface area (Å²) >= 11 is 6.86. The number of anilines is 1. The van der Waals surface area contributed by atoms with Crippen LogP contribution in [0, 0.1) is 10.1 Å². The van der Waals surface area contributed by atoms with E-state index >= 15 is 0 Å². The summed E-state index contributed by atoms with van der Waals surface area (Å²) in [5.41, 5.74) is 0.445. The van der Waals surface area contributed by atoms with E-state index in [-0.39, 0.29) is 10.8 Å². The lowest BCUT2D eigenvalue weighted by Gasteiger charge is -2.13. The first-order valence-electron chi connectivity index (χ1n) is 8.25. The van der Waals surface area contributed by atoms with Gasteiger partial charge in [-0.1, -0.05) is 22.9 Å². The van der Waals surface area contributed by atoms with E-state index in [2.05, 4.69) is 10.3 Å². The normalized spacial score (nSPS) is 11.7. The Labute approximate surface area is 173 Å². The molecule has 0 aliphatic heterocycles. The summed E-state index contributed by atoms with van der Waals surface area (Å²) in [6, 6.07) is 10.7. The number of non-ortho nitro benzene ring substituents is 1. The Hall–Kier alpha value is -3.24. The summed E-state index contributed by atoms with van der Waals surface area (Å²) in [5, 5.41) is 14.1. The number of nitro benzene ring substituents is 1. The predicted molar refractivity (Wildman–Crippen MR) is 107 cm³/mol. The quantitative estimate of drug-likeness (QED) is 0.340. The number of esters is 1. The van der Waals surface area contributed by atoms with Crippen molar-refractivity contribution in [1.29, 1.82) is 0 Å². The van der Waals surface area contributed by atoms with Gasteiger partial charge in [0.05, 0.1) is 15.1 Å². The fraction of sp³-hybridized carbons (Fsp3) is 0.167. The molecule has 0 saturated heterocycles. The topological polar surface area (TPSA) is 121 Å². The fourth-order valence-corrected chi connectivity index (χ4v) is 3.30. The number of nitrogens with zero attached hydrogens (tertiary/aromatic N) is 2. The number of ether oxygens (including phenoxy) is 2. The maximum Gasteiger partial charge on any atom is 0.347 e. The highest BCUT2D eigenvalue weighted by Crippen LogP contribution is 2.29. The van der Waals surface area contributed by atoms with Crippen LogP contribution < -0.4 is 10.1 Å². The van der Waals surface area contributed by atoms with Crippen LogP contribution >= 0.6 is 22.9 Å². The number of carbonyl (C=O) groups is 2. The first-order valence-corrected chi connectivity index (χ1v) is 9.45. The van der Waals surface area contributed by atoms with Gasteiger partial charge in [0, 0.05) is 17.2 Å². The Morgan fingerprint density at radius 2 is 2.00 bits per heavy atom. The molecule has 0 fully saturated rings. The van der Waals surface area contributed by atoms with Crippen LogP contribution in [-0.2, 0) is 14.3 Å². The second-order valence-corrected chi connectivity index (χ2v) is 7.27. The van der Waals surface area contributed by atoms with Gasteiger partial charge in [0.15, 0.2) is 17.8 Å². The van der Waals surface area contributed by atoms with Crippen LogP contribution in [0.4, 0.5) is 10.8 Å². The van der Waals surface area contributed by atoms with E-state index in [0.717, 1.165) is 11.3 Å². The number of halogens is 1. The molecule has 1 aromatic heterocycles. The molecule has 0 aliphatic carbocycles. The number of benzene rings is 2. The maximum atomic E-state index is 12.0. The Morgan fingerprint density at radius 1 is 1.28 bits per heavy atom. The third-order valence-corrected chi connectivity index (χ3v) is 4.82. The van der Waals surface area contributed by atoms with Gasteiger partial charge < -0.3 is 9.47 Å². The molecule has 150 valence electrons. The molecule has 9 nitrogen and oxygen atoms in total. The molecule has 3 rings (SSSR count). The molecule has 29 heavy (non-hydrogen) atoms. The lowest BCUT2D eigenvalue weighted by Crippen LogP contribution is -2.29. The van der Waals surface area contributed by atoms with Crippen LogP contribution in [0.5, 0.6) is 5.75 Å². The highest BCUT2D eigenvalue weighted by Gasteiger charge is 2.18. The SMILES string of the molecule is CC(Oc1ccc(Cl)cc1)C(=O)OCC(=O)Nc1nc2ccc([N+](=O)[O-])cc2s1. The van der Waals surface area contributed by atoms with Crippen LogP contribution in [0.3, 0.4) is 0 Å². The smallest absolute Gasteiger partial charge is 0.347 e. The van der Waals surface area contributed by atoms with Crippen molar-refractivity contribution in [2.75, 3.05) is 11.9 Å². The lowest BCUT2D eigenvalue weighted by molar-refractivity contribution is -0.384. The standard InChI is InChI=1S/C18H14ClN3O6S/c1-10(28-13-5-2-11(19)3-6-13)17(24)27-9-16(23)21-18-20-14-7-4-12(22(25)26)8-15(14)29-18/h2-8,10H,9H2,1H3,(H,20,21,23). The second-order valence-electron chi connectivity index (χ2n) is 5.80. The third-order valence-electron chi connectivity index (χ3n) is 3.63. The molecular weight excluding hydrogens is 422 g/mol. The zero-order valence-corrected chi connectivity index (χ0v) is 16.5. The minimum Gasteiger partial charge on any atom is -0.479 e. The average Bonchev–Trinajstić information content (AvgIpc) is 3.09. The number of nitro groups is 1. The molecule has 3 aromatic rings. The lowest BCUT2D eigenvalue weighted by atomic mass is 10.3. The largest absolute Gasteiger partial charge is 0.479 e. The number of aromatic nitrogens is 1. The fourth-order valence-electron chi connectivity index (χ4n) is 2.26. The molecule has 1 heterocycles. The van der Waals surface area contributed by atoms with Gasteiger partial charge in [-0.15, -0.1) is 0 Å². The van der Waals surface area contributed by atoms with E-state index in [1.165, 1.54) is 25.1 Å². The van der Waals surface area contributed by atoms with Crippen LogP contribution in [0.2, 0.25) is 5.02 Å². The number of hydrogen-bond acceptors (Lipinski definition) is 8. The van der Waals surface area contributed by atoms with E-state index in [0.29, 0.717) is 21.0 Å². The molecule has 0 radical (unpaired) electrons. The van der Waals surface area contributed by atoms with E-state index in [9.17, 15) is 19.7 Å². The Balaban J connectivity index is 1.52. The molecule has 2 aromatic carbocycles. The number of rotatable bonds is 7. The first-order chi connectivity index (χ1) is 13.8. The Morgan fingerprint density at radius 3 is 2.69 bits per heavy atom. The predicted octanol–water partition coefficient (Wildman–Crippen LogP) is 3.81. The molecule has 0 spiro atoms.